The van der Waals surface area contributed by atoms with Gasteiger partial charge in [0.25, 0.3) is 0 Å². The second-order valence-electron chi connectivity index (χ2n) is 7.14. The van der Waals surface area contributed by atoms with Crippen molar-refractivity contribution in [3.63, 3.8) is 0 Å². The van der Waals surface area contributed by atoms with Gasteiger partial charge in [0.1, 0.15) is 0 Å². The van der Waals surface area contributed by atoms with Gasteiger partial charge in [-0.05, 0) is 31.8 Å². The Labute approximate surface area is 149 Å². The molecule has 24 heavy (non-hydrogen) atoms. The largest absolute Gasteiger partial charge is 0.378 e. The number of hydrogen-bond donors (Lipinski definition) is 0. The Kier molecular flexibility index (Phi) is 6.80. The topological polar surface area (TPSA) is 46.4 Å². The highest BCUT2D eigenvalue weighted by Gasteiger charge is 2.21. The lowest BCUT2D eigenvalue weighted by Gasteiger charge is -2.28. The molecule has 2 aliphatic rings. The quantitative estimate of drug-likeness (QED) is 0.701. The van der Waals surface area contributed by atoms with Crippen LogP contribution in [0.2, 0.25) is 0 Å². The molecule has 0 aliphatic carbocycles. The summed E-state index contributed by atoms with van der Waals surface area (Å²) in [5.74, 6) is 2.70. The number of morpholine rings is 1. The normalized spacial score (nSPS) is 20.0. The molecule has 136 valence electrons. The Bertz CT molecular complexity index is 495. The minimum Gasteiger partial charge on any atom is -0.378 e. The van der Waals surface area contributed by atoms with E-state index in [4.69, 9.17) is 4.74 Å². The summed E-state index contributed by atoms with van der Waals surface area (Å²) in [5, 5.41) is 10.1. The lowest BCUT2D eigenvalue weighted by molar-refractivity contribution is 0.121. The van der Waals surface area contributed by atoms with E-state index in [0.717, 1.165) is 56.3 Å². The van der Waals surface area contributed by atoms with Crippen molar-refractivity contribution in [1.29, 1.82) is 0 Å². The lowest BCUT2D eigenvalue weighted by Crippen LogP contribution is -2.38. The van der Waals surface area contributed by atoms with Gasteiger partial charge in [0, 0.05) is 31.9 Å². The molecule has 2 aliphatic heterocycles. The highest BCUT2D eigenvalue weighted by molar-refractivity contribution is 7.99. The number of hydrogen-bond acceptors (Lipinski definition) is 6. The van der Waals surface area contributed by atoms with Crippen molar-refractivity contribution in [2.45, 2.75) is 44.8 Å². The van der Waals surface area contributed by atoms with Crippen LogP contribution in [0, 0.1) is 5.92 Å². The third-order valence-electron chi connectivity index (χ3n) is 4.63. The average molecular weight is 354 g/mol. The minimum atomic E-state index is 0.585. The molecule has 6 nitrogen and oxygen atoms in total. The van der Waals surface area contributed by atoms with Crippen LogP contribution in [-0.4, -0.2) is 71.4 Å². The molecule has 0 saturated carbocycles. The van der Waals surface area contributed by atoms with Gasteiger partial charge in [0.2, 0.25) is 5.95 Å². The summed E-state index contributed by atoms with van der Waals surface area (Å²) in [6, 6.07) is 0. The molecule has 0 N–H and O–H groups in total. The Balaban J connectivity index is 1.61. The summed E-state index contributed by atoms with van der Waals surface area (Å²) in [4.78, 5) is 4.90. The molecular formula is C17H31N5OS. The molecule has 0 amide bonds. The molecule has 3 rings (SSSR count). The third kappa shape index (κ3) is 4.86. The fraction of sp³-hybridized carbons (Fsp3) is 0.882. The van der Waals surface area contributed by atoms with Crippen LogP contribution in [-0.2, 0) is 11.3 Å². The van der Waals surface area contributed by atoms with Gasteiger partial charge in [0.05, 0.1) is 13.2 Å². The summed E-state index contributed by atoms with van der Waals surface area (Å²) >= 11 is 1.86. The molecular weight excluding hydrogens is 322 g/mol. The van der Waals surface area contributed by atoms with Crippen LogP contribution in [0.5, 0.6) is 0 Å². The highest BCUT2D eigenvalue weighted by atomic mass is 32.2. The van der Waals surface area contributed by atoms with Gasteiger partial charge >= 0.3 is 0 Å². The predicted octanol–water partition coefficient (Wildman–Crippen LogP) is 2.35. The van der Waals surface area contributed by atoms with Crippen LogP contribution in [0.1, 0.15) is 33.1 Å². The van der Waals surface area contributed by atoms with Crippen molar-refractivity contribution in [3.8, 4) is 0 Å². The van der Waals surface area contributed by atoms with E-state index in [1.54, 1.807) is 0 Å². The molecule has 3 heterocycles. The number of thioether (sulfide) groups is 1. The predicted molar refractivity (Wildman–Crippen MR) is 98.9 cm³/mol. The fourth-order valence-electron chi connectivity index (χ4n) is 3.36. The average Bonchev–Trinajstić information content (AvgIpc) is 2.99. The van der Waals surface area contributed by atoms with Gasteiger partial charge in [-0.15, -0.1) is 10.2 Å². The highest BCUT2D eigenvalue weighted by Crippen LogP contribution is 2.24. The van der Waals surface area contributed by atoms with Gasteiger partial charge in [-0.1, -0.05) is 32.0 Å². The maximum atomic E-state index is 5.47. The number of anilines is 1. The molecule has 0 unspecified atom stereocenters. The molecule has 7 heteroatoms. The number of nitrogens with zero attached hydrogens (tertiary/aromatic N) is 5. The van der Waals surface area contributed by atoms with E-state index in [1.807, 2.05) is 11.8 Å². The standard InChI is InChI=1S/C17H31N5OS/c1-15(2)14-22-16(21-8-11-23-12-9-21)18-19-17(22)24-13-10-20-6-4-3-5-7-20/h15H,3-14H2,1-2H3. The molecule has 0 atom stereocenters. The van der Waals surface area contributed by atoms with Crippen LogP contribution in [0.4, 0.5) is 5.95 Å². The Morgan fingerprint density at radius 3 is 2.50 bits per heavy atom. The second-order valence-corrected chi connectivity index (χ2v) is 8.20. The molecule has 2 fully saturated rings. The van der Waals surface area contributed by atoms with E-state index in [0.29, 0.717) is 5.92 Å². The number of piperidine rings is 1. The van der Waals surface area contributed by atoms with Crippen LogP contribution >= 0.6 is 11.8 Å². The Morgan fingerprint density at radius 2 is 1.79 bits per heavy atom. The van der Waals surface area contributed by atoms with Crippen molar-refractivity contribution >= 4 is 17.7 Å². The number of ether oxygens (including phenoxy) is 1. The summed E-state index contributed by atoms with van der Waals surface area (Å²) in [6.07, 6.45) is 4.11. The summed E-state index contributed by atoms with van der Waals surface area (Å²) in [7, 11) is 0. The molecule has 0 aromatic carbocycles. The van der Waals surface area contributed by atoms with Gasteiger partial charge in [-0.2, -0.15) is 0 Å². The first-order valence-electron chi connectivity index (χ1n) is 9.35. The van der Waals surface area contributed by atoms with Gasteiger partial charge in [-0.3, -0.25) is 4.57 Å². The zero-order valence-electron chi connectivity index (χ0n) is 15.1. The Morgan fingerprint density at radius 1 is 1.04 bits per heavy atom. The number of aromatic nitrogens is 3. The van der Waals surface area contributed by atoms with E-state index < -0.39 is 0 Å². The first-order chi connectivity index (χ1) is 11.7. The molecule has 0 bridgehead atoms. The van der Waals surface area contributed by atoms with Crippen LogP contribution in [0.15, 0.2) is 5.16 Å². The smallest absolute Gasteiger partial charge is 0.228 e. The summed E-state index contributed by atoms with van der Waals surface area (Å²) < 4.78 is 7.79. The van der Waals surface area contributed by atoms with Gasteiger partial charge in [-0.25, -0.2) is 0 Å². The van der Waals surface area contributed by atoms with Crippen LogP contribution < -0.4 is 4.90 Å². The molecule has 0 radical (unpaired) electrons. The molecule has 1 aromatic rings. The first-order valence-corrected chi connectivity index (χ1v) is 10.3. The van der Waals surface area contributed by atoms with E-state index in [2.05, 4.69) is 38.4 Å². The molecule has 1 aromatic heterocycles. The maximum absolute atomic E-state index is 5.47. The minimum absolute atomic E-state index is 0.585. The van der Waals surface area contributed by atoms with Gasteiger partial charge < -0.3 is 14.5 Å². The maximum Gasteiger partial charge on any atom is 0.228 e. The monoisotopic (exact) mass is 353 g/mol. The lowest BCUT2D eigenvalue weighted by atomic mass is 10.1. The van der Waals surface area contributed by atoms with Gasteiger partial charge in [0.15, 0.2) is 5.16 Å². The van der Waals surface area contributed by atoms with Crippen molar-refractivity contribution in [3.05, 3.63) is 0 Å². The van der Waals surface area contributed by atoms with E-state index in [-0.39, 0.29) is 0 Å². The Hall–Kier alpha value is -0.790. The zero-order chi connectivity index (χ0) is 16.8. The van der Waals surface area contributed by atoms with Crippen molar-refractivity contribution in [2.24, 2.45) is 5.92 Å². The summed E-state index contributed by atoms with van der Waals surface area (Å²) in [6.45, 7) is 12.6. The van der Waals surface area contributed by atoms with Crippen molar-refractivity contribution < 1.29 is 4.74 Å². The molecule has 0 spiro atoms. The summed E-state index contributed by atoms with van der Waals surface area (Å²) in [5.41, 5.74) is 0. The van der Waals surface area contributed by atoms with E-state index in [9.17, 15) is 0 Å². The van der Waals surface area contributed by atoms with Crippen molar-refractivity contribution in [2.75, 3.05) is 56.6 Å². The zero-order valence-corrected chi connectivity index (χ0v) is 15.9. The fourth-order valence-corrected chi connectivity index (χ4v) is 4.30. The van der Waals surface area contributed by atoms with E-state index >= 15 is 0 Å². The van der Waals surface area contributed by atoms with Crippen molar-refractivity contribution in [1.82, 2.24) is 19.7 Å². The SMILES string of the molecule is CC(C)Cn1c(SCCN2CCCCC2)nnc1N1CCOCC1. The second kappa shape index (κ2) is 9.06. The van der Waals surface area contributed by atoms with Crippen LogP contribution in [0.3, 0.4) is 0 Å². The number of likely N-dealkylation sites (tertiary alicyclic amines) is 1. The molecule has 2 saturated heterocycles. The van der Waals surface area contributed by atoms with Crippen LogP contribution in [0.25, 0.3) is 0 Å². The first kappa shape index (κ1) is 18.0. The third-order valence-corrected chi connectivity index (χ3v) is 5.57. The van der Waals surface area contributed by atoms with E-state index in [1.165, 1.54) is 32.4 Å². The number of rotatable bonds is 7.